The summed E-state index contributed by atoms with van der Waals surface area (Å²) in [6.45, 7) is 6.34. The maximum atomic E-state index is 12.7. The maximum Gasteiger partial charge on any atom is 0.248 e. The van der Waals surface area contributed by atoms with Crippen molar-refractivity contribution in [1.29, 1.82) is 0 Å². The van der Waals surface area contributed by atoms with E-state index < -0.39 is 0 Å². The molecule has 0 fully saturated rings. The van der Waals surface area contributed by atoms with Crippen molar-refractivity contribution in [2.24, 2.45) is 0 Å². The molecule has 0 radical (unpaired) electrons. The van der Waals surface area contributed by atoms with Gasteiger partial charge in [-0.25, -0.2) is 0 Å². The molecular weight excluding hydrogens is 457 g/mol. The zero-order valence-electron chi connectivity index (χ0n) is 18.5. The molecule has 4 aromatic rings. The van der Waals surface area contributed by atoms with Gasteiger partial charge in [-0.2, -0.15) is 0 Å². The average molecular weight is 480 g/mol. The summed E-state index contributed by atoms with van der Waals surface area (Å²) in [5.74, 6) is 0.353. The maximum absolute atomic E-state index is 12.7. The minimum atomic E-state index is -0.301. The number of rotatable bonds is 6. The topological polar surface area (TPSA) is 51.5 Å². The summed E-state index contributed by atoms with van der Waals surface area (Å²) in [4.78, 5) is 12.7. The summed E-state index contributed by atoms with van der Waals surface area (Å²) in [7, 11) is 0. The first-order valence-corrected chi connectivity index (χ1v) is 11.3. The van der Waals surface area contributed by atoms with Crippen LogP contribution in [0.4, 0.5) is 5.69 Å². The van der Waals surface area contributed by atoms with Crippen molar-refractivity contribution in [2.45, 2.75) is 20.8 Å². The van der Waals surface area contributed by atoms with Crippen LogP contribution in [0.15, 0.2) is 71.4 Å². The lowest BCUT2D eigenvalue weighted by atomic mass is 9.98. The number of anilines is 1. The summed E-state index contributed by atoms with van der Waals surface area (Å²) < 4.78 is 11.7. The van der Waals surface area contributed by atoms with Crippen LogP contribution in [-0.4, -0.2) is 12.5 Å². The first-order valence-electron chi connectivity index (χ1n) is 10.6. The quantitative estimate of drug-likeness (QED) is 0.283. The molecule has 33 heavy (non-hydrogen) atoms. The predicted molar refractivity (Wildman–Crippen MR) is 136 cm³/mol. The van der Waals surface area contributed by atoms with Crippen molar-refractivity contribution < 1.29 is 13.9 Å². The number of amides is 1. The van der Waals surface area contributed by atoms with E-state index in [2.05, 4.69) is 36.5 Å². The molecule has 1 aromatic heterocycles. The molecule has 4 rings (SSSR count). The fourth-order valence-electron chi connectivity index (χ4n) is 3.63. The molecule has 0 spiro atoms. The summed E-state index contributed by atoms with van der Waals surface area (Å²) >= 11 is 12.1. The highest BCUT2D eigenvalue weighted by molar-refractivity contribution is 6.36. The number of nitrogens with one attached hydrogen (secondary N) is 1. The molecule has 0 aliphatic heterocycles. The van der Waals surface area contributed by atoms with Crippen molar-refractivity contribution in [3.05, 3.63) is 88.1 Å². The van der Waals surface area contributed by atoms with Crippen LogP contribution in [0.25, 0.3) is 27.7 Å². The van der Waals surface area contributed by atoms with E-state index >= 15 is 0 Å². The molecule has 4 nitrogen and oxygen atoms in total. The Morgan fingerprint density at radius 3 is 2.55 bits per heavy atom. The molecule has 1 N–H and O–H groups in total. The highest BCUT2D eigenvalue weighted by atomic mass is 35.5. The van der Waals surface area contributed by atoms with Gasteiger partial charge < -0.3 is 14.5 Å². The minimum absolute atomic E-state index is 0.301. The van der Waals surface area contributed by atoms with Crippen LogP contribution < -0.4 is 10.1 Å². The number of benzene rings is 3. The van der Waals surface area contributed by atoms with Crippen molar-refractivity contribution in [3.63, 3.8) is 0 Å². The Morgan fingerprint density at radius 1 is 1.09 bits per heavy atom. The zero-order chi connectivity index (χ0) is 23.5. The Hall–Kier alpha value is -3.21. The number of hydrogen-bond acceptors (Lipinski definition) is 3. The van der Waals surface area contributed by atoms with Gasteiger partial charge in [0.2, 0.25) is 5.91 Å². The fourth-order valence-corrected chi connectivity index (χ4v) is 4.08. The first-order chi connectivity index (χ1) is 15.9. The van der Waals surface area contributed by atoms with Gasteiger partial charge in [-0.1, -0.05) is 53.0 Å². The van der Waals surface area contributed by atoms with Crippen LogP contribution in [0.2, 0.25) is 10.0 Å². The normalized spacial score (nSPS) is 11.6. The number of furan rings is 1. The van der Waals surface area contributed by atoms with Gasteiger partial charge in [0.25, 0.3) is 0 Å². The third-order valence-electron chi connectivity index (χ3n) is 5.30. The number of ether oxygens (including phenoxy) is 1. The summed E-state index contributed by atoms with van der Waals surface area (Å²) in [5.41, 5.74) is 6.02. The molecule has 1 heterocycles. The van der Waals surface area contributed by atoms with E-state index in [-0.39, 0.29) is 5.91 Å². The molecule has 6 heteroatoms. The number of fused-ring (bicyclic) bond motifs is 1. The fraction of sp³-hybridized carbons (Fsp3) is 0.148. The Balaban J connectivity index is 1.72. The van der Waals surface area contributed by atoms with Gasteiger partial charge in [0.15, 0.2) is 0 Å². The van der Waals surface area contributed by atoms with Crippen molar-refractivity contribution in [1.82, 2.24) is 0 Å². The number of carbonyl (C=O) groups excluding carboxylic acids is 1. The van der Waals surface area contributed by atoms with E-state index in [1.165, 1.54) is 11.6 Å². The Labute approximate surface area is 202 Å². The molecule has 0 bridgehead atoms. The van der Waals surface area contributed by atoms with Gasteiger partial charge in [0.1, 0.15) is 11.3 Å². The Bertz CT molecular complexity index is 1350. The second kappa shape index (κ2) is 9.74. The highest BCUT2D eigenvalue weighted by Crippen LogP contribution is 2.37. The summed E-state index contributed by atoms with van der Waals surface area (Å²) in [5, 5.41) is 4.63. The number of carbonyl (C=O) groups is 1. The lowest BCUT2D eigenvalue weighted by Crippen LogP contribution is -2.09. The molecule has 0 aliphatic rings. The molecule has 0 aliphatic carbocycles. The van der Waals surface area contributed by atoms with E-state index in [9.17, 15) is 4.79 Å². The molecular formula is C27H23Cl2NO3. The highest BCUT2D eigenvalue weighted by Gasteiger charge is 2.15. The zero-order valence-corrected chi connectivity index (χ0v) is 20.1. The van der Waals surface area contributed by atoms with E-state index in [0.717, 1.165) is 33.2 Å². The largest absolute Gasteiger partial charge is 0.493 e. The summed E-state index contributed by atoms with van der Waals surface area (Å²) in [6, 6.07) is 17.1. The SMILES string of the molecule is CCOc1cc2occ(-c3ccc(C)cc3)c2cc1/C(C)=C/C(=O)Nc1ccc(Cl)cc1Cl. The monoisotopic (exact) mass is 479 g/mol. The van der Waals surface area contributed by atoms with Crippen LogP contribution in [0.5, 0.6) is 5.75 Å². The van der Waals surface area contributed by atoms with E-state index in [0.29, 0.717) is 28.1 Å². The number of halogens is 2. The number of allylic oxidation sites excluding steroid dienone is 1. The van der Waals surface area contributed by atoms with E-state index in [1.807, 2.05) is 26.0 Å². The van der Waals surface area contributed by atoms with Crippen LogP contribution in [0.3, 0.4) is 0 Å². The number of aryl methyl sites for hydroxylation is 1. The standard InChI is InChI=1S/C27H23Cl2NO3/c1-4-32-25-14-26-21(22(15-33-26)18-7-5-16(2)6-8-18)13-20(25)17(3)11-27(31)30-24-10-9-19(28)12-23(24)29/h5-15H,4H2,1-3H3,(H,30,31)/b17-11+. The van der Waals surface area contributed by atoms with Gasteiger partial charge in [-0.15, -0.1) is 0 Å². The number of hydrogen-bond donors (Lipinski definition) is 1. The van der Waals surface area contributed by atoms with Gasteiger partial charge in [0.05, 0.1) is 23.6 Å². The second-order valence-corrected chi connectivity index (χ2v) is 8.58. The molecule has 0 saturated carbocycles. The lowest BCUT2D eigenvalue weighted by molar-refractivity contribution is -0.111. The molecule has 3 aromatic carbocycles. The molecule has 0 saturated heterocycles. The Kier molecular flexibility index (Phi) is 6.77. The molecule has 168 valence electrons. The van der Waals surface area contributed by atoms with Crippen molar-refractivity contribution in [2.75, 3.05) is 11.9 Å². The van der Waals surface area contributed by atoms with Gasteiger partial charge >= 0.3 is 0 Å². The Morgan fingerprint density at radius 2 is 1.85 bits per heavy atom. The van der Waals surface area contributed by atoms with Crippen molar-refractivity contribution in [3.8, 4) is 16.9 Å². The molecule has 0 atom stereocenters. The minimum Gasteiger partial charge on any atom is -0.493 e. The second-order valence-electron chi connectivity index (χ2n) is 7.73. The first kappa shape index (κ1) is 23.0. The van der Waals surface area contributed by atoms with Gasteiger partial charge in [-0.05, 0) is 56.2 Å². The molecule has 1 amide bonds. The summed E-state index contributed by atoms with van der Waals surface area (Å²) in [6.07, 6.45) is 3.28. The third-order valence-corrected chi connectivity index (χ3v) is 5.85. The van der Waals surface area contributed by atoms with Gasteiger partial charge in [-0.3, -0.25) is 4.79 Å². The molecule has 0 unspecified atom stereocenters. The lowest BCUT2D eigenvalue weighted by Gasteiger charge is -2.12. The van der Waals surface area contributed by atoms with Crippen LogP contribution in [0.1, 0.15) is 25.0 Å². The van der Waals surface area contributed by atoms with Gasteiger partial charge in [0, 0.05) is 33.7 Å². The van der Waals surface area contributed by atoms with E-state index in [1.54, 1.807) is 24.5 Å². The average Bonchev–Trinajstić information content (AvgIpc) is 3.18. The predicted octanol–water partition coefficient (Wildman–Crippen LogP) is 8.16. The van der Waals surface area contributed by atoms with Crippen molar-refractivity contribution >= 4 is 51.3 Å². The third kappa shape index (κ3) is 5.08. The van der Waals surface area contributed by atoms with Crippen LogP contribution in [0, 0.1) is 6.92 Å². The van der Waals surface area contributed by atoms with E-state index in [4.69, 9.17) is 32.4 Å². The smallest absolute Gasteiger partial charge is 0.248 e. The van der Waals surface area contributed by atoms with Crippen LogP contribution in [-0.2, 0) is 4.79 Å². The van der Waals surface area contributed by atoms with Crippen LogP contribution >= 0.6 is 23.2 Å².